The van der Waals surface area contributed by atoms with Gasteiger partial charge in [-0.05, 0) is 61.4 Å². The molecule has 1 saturated heterocycles. The van der Waals surface area contributed by atoms with Crippen LogP contribution in [0.1, 0.15) is 59.6 Å². The van der Waals surface area contributed by atoms with E-state index in [0.29, 0.717) is 12.5 Å². The van der Waals surface area contributed by atoms with Crippen molar-refractivity contribution in [2.45, 2.75) is 61.3 Å². The first-order valence-corrected chi connectivity index (χ1v) is 14.5. The second-order valence-corrected chi connectivity index (χ2v) is 12.7. The van der Waals surface area contributed by atoms with Crippen molar-refractivity contribution in [1.82, 2.24) is 10.2 Å². The summed E-state index contributed by atoms with van der Waals surface area (Å²) < 4.78 is 92.6. The van der Waals surface area contributed by atoms with Crippen molar-refractivity contribution >= 4 is 27.4 Å². The number of amides is 2. The van der Waals surface area contributed by atoms with Gasteiger partial charge >= 0.3 is 6.18 Å². The van der Waals surface area contributed by atoms with Crippen LogP contribution in [0.5, 0.6) is 0 Å². The van der Waals surface area contributed by atoms with Gasteiger partial charge in [-0.2, -0.15) is 13.2 Å². The molecule has 2 aromatic carbocycles. The number of likely N-dealkylation sites (tertiary alicyclic amines) is 1. The zero-order valence-corrected chi connectivity index (χ0v) is 22.0. The highest BCUT2D eigenvalue weighted by Crippen LogP contribution is 2.45. The van der Waals surface area contributed by atoms with E-state index in [4.69, 9.17) is 0 Å². The number of carbonyl (C=O) groups is 3. The summed E-state index contributed by atoms with van der Waals surface area (Å²) in [6.07, 6.45) is -2.65. The largest absolute Gasteiger partial charge is 0.419 e. The SMILES string of the molecule is CS(=O)(=O)c1cccc(C(=O)N2[C@@H](C(=O)N[C@@H](c3cc(F)c(C(F)(F)F)cc3F)C3CC(=O)C3)C[C@H]3CC[C@H]32)c1. The second-order valence-electron chi connectivity index (χ2n) is 10.7. The van der Waals surface area contributed by atoms with Crippen molar-refractivity contribution in [3.8, 4) is 0 Å². The monoisotopic (exact) mass is 584 g/mol. The van der Waals surface area contributed by atoms with E-state index in [-0.39, 0.29) is 53.5 Å². The summed E-state index contributed by atoms with van der Waals surface area (Å²) in [7, 11) is -3.61. The Labute approximate surface area is 226 Å². The van der Waals surface area contributed by atoms with Crippen LogP contribution in [0, 0.1) is 23.5 Å². The fourth-order valence-corrected chi connectivity index (χ4v) is 6.50. The maximum absolute atomic E-state index is 14.9. The van der Waals surface area contributed by atoms with E-state index in [1.165, 1.54) is 29.2 Å². The molecule has 2 aliphatic carbocycles. The predicted molar refractivity (Wildman–Crippen MR) is 131 cm³/mol. The summed E-state index contributed by atoms with van der Waals surface area (Å²) in [5.41, 5.74) is -2.25. The number of benzene rings is 2. The van der Waals surface area contributed by atoms with Gasteiger partial charge in [-0.1, -0.05) is 6.07 Å². The average Bonchev–Trinajstić information content (AvgIpc) is 3.10. The zero-order chi connectivity index (χ0) is 29.1. The number of nitrogens with one attached hydrogen (secondary N) is 1. The fourth-order valence-electron chi connectivity index (χ4n) is 5.84. The third-order valence-electron chi connectivity index (χ3n) is 8.12. The molecule has 1 aliphatic heterocycles. The molecule has 0 bridgehead atoms. The number of nitrogens with zero attached hydrogens (tertiary/aromatic N) is 1. The molecule has 214 valence electrons. The van der Waals surface area contributed by atoms with Gasteiger partial charge in [0.05, 0.1) is 16.5 Å². The van der Waals surface area contributed by atoms with Crippen LogP contribution in [0.15, 0.2) is 41.3 Å². The maximum Gasteiger partial charge on any atom is 0.419 e. The Bertz CT molecular complexity index is 1500. The minimum atomic E-state index is -5.13. The molecule has 3 fully saturated rings. The standard InChI is InChI=1S/C27H25F5N2O5S/c1-40(38,39)17-4-2-3-14(9-17)26(37)34-22-6-5-13(22)10-23(34)25(36)33-24(15-7-16(35)8-15)18-11-21(29)19(12-20(18)28)27(30,31)32/h2-4,9,11-13,15,22-24H,5-8,10H2,1H3,(H,33,36)/t13-,22-,23-,24-/m1/s1. The van der Waals surface area contributed by atoms with Crippen LogP contribution >= 0.6 is 0 Å². The molecule has 2 aromatic rings. The molecule has 5 rings (SSSR count). The van der Waals surface area contributed by atoms with E-state index in [1.54, 1.807) is 0 Å². The number of hydrogen-bond donors (Lipinski definition) is 1. The lowest BCUT2D eigenvalue weighted by Crippen LogP contribution is -2.52. The Kier molecular flexibility index (Phi) is 7.00. The Morgan fingerprint density at radius 1 is 1.05 bits per heavy atom. The molecule has 0 unspecified atom stereocenters. The lowest BCUT2D eigenvalue weighted by atomic mass is 9.75. The third kappa shape index (κ3) is 5.11. The molecule has 7 nitrogen and oxygen atoms in total. The van der Waals surface area contributed by atoms with Crippen LogP contribution in [0.2, 0.25) is 0 Å². The zero-order valence-electron chi connectivity index (χ0n) is 21.2. The van der Waals surface area contributed by atoms with Gasteiger partial charge in [-0.3, -0.25) is 14.4 Å². The van der Waals surface area contributed by atoms with Gasteiger partial charge < -0.3 is 10.2 Å². The van der Waals surface area contributed by atoms with Crippen LogP contribution < -0.4 is 5.32 Å². The first-order valence-electron chi connectivity index (χ1n) is 12.7. The average molecular weight is 585 g/mol. The van der Waals surface area contributed by atoms with Crippen LogP contribution in [0.3, 0.4) is 0 Å². The predicted octanol–water partition coefficient (Wildman–Crippen LogP) is 4.22. The van der Waals surface area contributed by atoms with Crippen molar-refractivity contribution in [2.75, 3.05) is 6.26 Å². The molecule has 2 amide bonds. The molecule has 2 saturated carbocycles. The Hall–Kier alpha value is -3.35. The lowest BCUT2D eigenvalue weighted by Gasteiger charge is -2.38. The number of sulfone groups is 1. The molecule has 13 heteroatoms. The molecule has 0 spiro atoms. The minimum absolute atomic E-state index is 0.00164. The second kappa shape index (κ2) is 9.93. The summed E-state index contributed by atoms with van der Waals surface area (Å²) in [6.45, 7) is 0. The van der Waals surface area contributed by atoms with Gasteiger partial charge in [0.1, 0.15) is 23.5 Å². The molecule has 1 N–H and O–H groups in total. The van der Waals surface area contributed by atoms with Crippen LogP contribution in [0.25, 0.3) is 0 Å². The van der Waals surface area contributed by atoms with Gasteiger partial charge in [0.15, 0.2) is 9.84 Å². The van der Waals surface area contributed by atoms with Crippen molar-refractivity contribution in [3.05, 3.63) is 64.7 Å². The van der Waals surface area contributed by atoms with E-state index < -0.39 is 68.6 Å². The molecule has 1 heterocycles. The number of hydrogen-bond acceptors (Lipinski definition) is 5. The Balaban J connectivity index is 1.45. The fraction of sp³-hybridized carbons (Fsp3) is 0.444. The topological polar surface area (TPSA) is 101 Å². The summed E-state index contributed by atoms with van der Waals surface area (Å²) >= 11 is 0. The van der Waals surface area contributed by atoms with E-state index in [1.807, 2.05) is 0 Å². The number of carbonyl (C=O) groups excluding carboxylic acids is 3. The molecule has 0 radical (unpaired) electrons. The first kappa shape index (κ1) is 28.2. The molecule has 40 heavy (non-hydrogen) atoms. The van der Waals surface area contributed by atoms with E-state index in [9.17, 15) is 44.8 Å². The summed E-state index contributed by atoms with van der Waals surface area (Å²) in [6, 6.07) is 3.22. The Morgan fingerprint density at radius 3 is 2.33 bits per heavy atom. The summed E-state index contributed by atoms with van der Waals surface area (Å²) in [5, 5.41) is 2.60. The molecule has 0 aromatic heterocycles. The first-order chi connectivity index (χ1) is 18.6. The maximum atomic E-state index is 14.9. The number of ketones is 1. The lowest BCUT2D eigenvalue weighted by molar-refractivity contribution is -0.140. The highest BCUT2D eigenvalue weighted by Gasteiger charge is 2.52. The van der Waals surface area contributed by atoms with Crippen molar-refractivity contribution < 1.29 is 44.8 Å². The van der Waals surface area contributed by atoms with Gasteiger partial charge in [-0.15, -0.1) is 0 Å². The molecular formula is C27H25F5N2O5S. The number of rotatable bonds is 6. The summed E-state index contributed by atoms with van der Waals surface area (Å²) in [4.78, 5) is 40.1. The Morgan fingerprint density at radius 2 is 1.75 bits per heavy atom. The highest BCUT2D eigenvalue weighted by atomic mass is 32.2. The quantitative estimate of drug-likeness (QED) is 0.513. The van der Waals surface area contributed by atoms with Gasteiger partial charge in [-0.25, -0.2) is 17.2 Å². The number of fused-ring (bicyclic) bond motifs is 1. The van der Waals surface area contributed by atoms with E-state index >= 15 is 0 Å². The van der Waals surface area contributed by atoms with Gasteiger partial charge in [0.25, 0.3) is 5.91 Å². The van der Waals surface area contributed by atoms with E-state index in [0.717, 1.165) is 12.7 Å². The van der Waals surface area contributed by atoms with Gasteiger partial charge in [0, 0.05) is 36.3 Å². The normalized spacial score (nSPS) is 23.7. The number of alkyl halides is 3. The third-order valence-corrected chi connectivity index (χ3v) is 9.23. The van der Waals surface area contributed by atoms with Crippen molar-refractivity contribution in [1.29, 1.82) is 0 Å². The minimum Gasteiger partial charge on any atom is -0.347 e. The van der Waals surface area contributed by atoms with Crippen molar-refractivity contribution in [3.63, 3.8) is 0 Å². The van der Waals surface area contributed by atoms with Crippen molar-refractivity contribution in [2.24, 2.45) is 11.8 Å². The molecule has 4 atom stereocenters. The van der Waals surface area contributed by atoms with Crippen LogP contribution in [-0.4, -0.2) is 49.3 Å². The highest BCUT2D eigenvalue weighted by molar-refractivity contribution is 7.90. The number of halogens is 5. The summed E-state index contributed by atoms with van der Waals surface area (Å²) in [5.74, 6) is -5.24. The smallest absolute Gasteiger partial charge is 0.347 e. The van der Waals surface area contributed by atoms with Crippen LogP contribution in [0.4, 0.5) is 22.0 Å². The van der Waals surface area contributed by atoms with E-state index in [2.05, 4.69) is 5.32 Å². The molecular weight excluding hydrogens is 559 g/mol. The number of Topliss-reactive ketones (excluding diaryl/α,β-unsaturated/α-hetero) is 1. The van der Waals surface area contributed by atoms with Crippen LogP contribution in [-0.2, 0) is 25.6 Å². The molecule has 3 aliphatic rings. The van der Waals surface area contributed by atoms with Gasteiger partial charge in [0.2, 0.25) is 5.91 Å².